The highest BCUT2D eigenvalue weighted by Crippen LogP contribution is 2.56. The van der Waals surface area contributed by atoms with Gasteiger partial charge >= 0.3 is 0 Å². The van der Waals surface area contributed by atoms with E-state index in [1.54, 1.807) is 31.2 Å². The van der Waals surface area contributed by atoms with Gasteiger partial charge in [0.15, 0.2) is 17.5 Å². The zero-order chi connectivity index (χ0) is 31.9. The van der Waals surface area contributed by atoms with Crippen molar-refractivity contribution >= 4 is 60.4 Å². The van der Waals surface area contributed by atoms with E-state index in [1.807, 2.05) is 12.1 Å². The third-order valence-corrected chi connectivity index (χ3v) is 9.53. The summed E-state index contributed by atoms with van der Waals surface area (Å²) in [4.78, 5) is 68.7. The molecular weight excluding hydrogens is 609 g/mol. The average Bonchev–Trinajstić information content (AvgIpc) is 2.94. The molecule has 0 saturated carbocycles. The number of guanidine groups is 1. The van der Waals surface area contributed by atoms with Crippen LogP contribution in [-0.2, 0) is 30.4 Å². The minimum atomic E-state index is -1.13. The van der Waals surface area contributed by atoms with Crippen molar-refractivity contribution in [3.05, 3.63) is 42.0 Å². The minimum Gasteiger partial charge on any atom is -0.490 e. The molecule has 0 radical (unpaired) electrons. The summed E-state index contributed by atoms with van der Waals surface area (Å²) in [5.41, 5.74) is 11.5. The van der Waals surface area contributed by atoms with Crippen LogP contribution < -0.4 is 32.2 Å². The van der Waals surface area contributed by atoms with E-state index in [9.17, 15) is 24.0 Å². The third kappa shape index (κ3) is 13.5. The van der Waals surface area contributed by atoms with E-state index >= 15 is 0 Å². The summed E-state index contributed by atoms with van der Waals surface area (Å²) in [6, 6.07) is 6.41. The van der Waals surface area contributed by atoms with Gasteiger partial charge in [-0.25, -0.2) is 0 Å². The fourth-order valence-electron chi connectivity index (χ4n) is 4.30. The summed E-state index contributed by atoms with van der Waals surface area (Å²) >= 11 is 0. The Kier molecular flexibility index (Phi) is 15.7. The smallest absolute Gasteiger partial charge is 0.224 e. The Bertz CT molecular complexity index is 1190. The highest BCUT2D eigenvalue weighted by Gasteiger charge is 2.32. The van der Waals surface area contributed by atoms with Crippen LogP contribution in [0.2, 0.25) is 0 Å². The number of nitrogens with zero attached hydrogens (tertiary/aromatic N) is 1. The Morgan fingerprint density at radius 1 is 1.12 bits per heavy atom. The highest BCUT2D eigenvalue weighted by atomic mass is 32.4. The number of carbonyl (C=O) groups is 5. The van der Waals surface area contributed by atoms with Crippen molar-refractivity contribution in [2.45, 2.75) is 57.8 Å². The van der Waals surface area contributed by atoms with Crippen LogP contribution in [0.4, 0.5) is 0 Å². The zero-order valence-electron chi connectivity index (χ0n) is 24.6. The standard InChI is InChI=1S/C28H43N6O6P3/c1-17-14-24(37)31-11-3-4-13-40-21-9-7-19(8-10-21)15-20(16-23(36)27(43(41)42)34-25(17)38)26(39)33-22(18(2)35)6-5-12-32-28(29)30/h3-4,7-10,17,20,22,27H,5-6,11-16,41-42H2,1-2H3,(H,31,37)(H,33,39)(H,34,38)(H4,29,30,32)/b4-3+. The molecular formula is C28H43N6O6P3. The van der Waals surface area contributed by atoms with E-state index in [2.05, 4.69) is 38.8 Å². The van der Waals surface area contributed by atoms with Crippen molar-refractivity contribution < 1.29 is 28.7 Å². The van der Waals surface area contributed by atoms with Crippen LogP contribution >= 0.6 is 25.2 Å². The lowest BCUT2D eigenvalue weighted by molar-refractivity contribution is -0.133. The lowest BCUT2D eigenvalue weighted by atomic mass is 9.92. The number of ketones is 2. The number of hydrogen-bond acceptors (Lipinski definition) is 7. The molecule has 2 bridgehead atoms. The number of Topliss-reactive ketones (excluding diaryl/α,β-unsaturated/α-hetero) is 2. The maximum atomic E-state index is 13.6. The van der Waals surface area contributed by atoms with E-state index in [0.29, 0.717) is 31.7 Å². The summed E-state index contributed by atoms with van der Waals surface area (Å²) in [5, 5.41) is 8.33. The first-order valence-electron chi connectivity index (χ1n) is 14.0. The first-order chi connectivity index (χ1) is 20.4. The molecule has 3 amide bonds. The Morgan fingerprint density at radius 2 is 1.81 bits per heavy atom. The SMILES string of the molecule is CC(=O)C(CCCN=C(N)N)NC(=O)C1CC(=O)C(P(P)P)NC(=O)C(C)CC(=O)NC/C=C/COc2ccc(cc2)C1. The summed E-state index contributed by atoms with van der Waals surface area (Å²) in [6.07, 6.45) is 4.34. The Hall–Kier alpha value is -2.93. The molecule has 2 aliphatic rings. The van der Waals surface area contributed by atoms with Crippen molar-refractivity contribution in [3.8, 4) is 5.75 Å². The molecule has 0 aromatic heterocycles. The second-order valence-corrected chi connectivity index (χ2v) is 17.2. The van der Waals surface area contributed by atoms with Crippen LogP contribution in [0.3, 0.4) is 0 Å². The van der Waals surface area contributed by atoms with Crippen LogP contribution in [0.1, 0.15) is 45.1 Å². The minimum absolute atomic E-state index is 0.0464. The summed E-state index contributed by atoms with van der Waals surface area (Å²) in [7, 11) is 3.96. The van der Waals surface area contributed by atoms with Crippen LogP contribution in [-0.4, -0.2) is 66.8 Å². The van der Waals surface area contributed by atoms with Gasteiger partial charge in [0.05, 0.1) is 6.04 Å². The van der Waals surface area contributed by atoms with Gasteiger partial charge in [-0.2, -0.15) is 0 Å². The van der Waals surface area contributed by atoms with Gasteiger partial charge in [0.25, 0.3) is 0 Å². The monoisotopic (exact) mass is 652 g/mol. The number of benzene rings is 1. The van der Waals surface area contributed by atoms with Crippen molar-refractivity contribution in [1.29, 1.82) is 0 Å². The van der Waals surface area contributed by atoms with Crippen molar-refractivity contribution in [2.24, 2.45) is 28.3 Å². The first kappa shape index (κ1) is 36.3. The molecule has 3 rings (SSSR count). The number of nitrogens with two attached hydrogens (primary N) is 2. The summed E-state index contributed by atoms with van der Waals surface area (Å²) in [6.45, 7) is 3.90. The molecule has 1 aromatic rings. The number of ether oxygens (including phenoxy) is 1. The molecule has 6 atom stereocenters. The van der Waals surface area contributed by atoms with Gasteiger partial charge in [0, 0.05) is 37.8 Å². The Balaban J connectivity index is 2.33. The quantitative estimate of drug-likeness (QED) is 0.0917. The Morgan fingerprint density at radius 3 is 2.44 bits per heavy atom. The molecule has 43 heavy (non-hydrogen) atoms. The molecule has 0 fully saturated rings. The molecule has 15 heteroatoms. The second kappa shape index (κ2) is 18.7. The lowest BCUT2D eigenvalue weighted by Gasteiger charge is -2.26. The van der Waals surface area contributed by atoms with Gasteiger partial charge in [-0.1, -0.05) is 25.1 Å². The number of rotatable bonds is 8. The second-order valence-electron chi connectivity index (χ2n) is 10.4. The first-order valence-corrected chi connectivity index (χ1v) is 18.6. The number of fused-ring (bicyclic) bond motifs is 16. The predicted octanol–water partition coefficient (Wildman–Crippen LogP) is 1.53. The average molecular weight is 653 g/mol. The molecule has 0 aliphatic carbocycles. The molecule has 12 nitrogen and oxygen atoms in total. The lowest BCUT2D eigenvalue weighted by Crippen LogP contribution is -2.46. The van der Waals surface area contributed by atoms with E-state index in [-0.39, 0.29) is 49.3 Å². The highest BCUT2D eigenvalue weighted by molar-refractivity contribution is 8.43. The molecule has 6 unspecified atom stereocenters. The van der Waals surface area contributed by atoms with Gasteiger partial charge < -0.3 is 32.2 Å². The normalized spacial score (nSPS) is 22.0. The third-order valence-electron chi connectivity index (χ3n) is 6.73. The van der Waals surface area contributed by atoms with Gasteiger partial charge in [-0.15, -0.1) is 17.9 Å². The van der Waals surface area contributed by atoms with Crippen LogP contribution in [0.25, 0.3) is 0 Å². The van der Waals surface area contributed by atoms with Gasteiger partial charge in [0.2, 0.25) is 17.7 Å². The molecule has 0 saturated heterocycles. The summed E-state index contributed by atoms with van der Waals surface area (Å²) in [5.74, 6) is -3.53. The van der Waals surface area contributed by atoms with E-state index in [4.69, 9.17) is 16.2 Å². The van der Waals surface area contributed by atoms with Gasteiger partial charge in [0.1, 0.15) is 18.1 Å². The van der Waals surface area contributed by atoms with Crippen molar-refractivity contribution in [3.63, 3.8) is 0 Å². The van der Waals surface area contributed by atoms with Gasteiger partial charge in [-0.3, -0.25) is 29.0 Å². The number of carbonyl (C=O) groups excluding carboxylic acids is 5. The topological polar surface area (TPSA) is 195 Å². The zero-order valence-corrected chi connectivity index (χ0v) is 27.8. The van der Waals surface area contributed by atoms with Crippen LogP contribution in [0.15, 0.2) is 41.4 Å². The largest absolute Gasteiger partial charge is 0.490 e. The fourth-order valence-corrected chi connectivity index (χ4v) is 6.46. The molecule has 7 N–H and O–H groups in total. The van der Waals surface area contributed by atoms with E-state index in [1.165, 1.54) is 6.92 Å². The number of aliphatic imine (C=N–C) groups is 1. The predicted molar refractivity (Wildman–Crippen MR) is 175 cm³/mol. The molecule has 2 heterocycles. The van der Waals surface area contributed by atoms with Crippen molar-refractivity contribution in [2.75, 3.05) is 19.7 Å². The number of hydrogen-bond donors (Lipinski definition) is 5. The maximum absolute atomic E-state index is 13.6. The van der Waals surface area contributed by atoms with Crippen molar-refractivity contribution in [1.82, 2.24) is 16.0 Å². The summed E-state index contributed by atoms with van der Waals surface area (Å²) < 4.78 is 5.72. The molecule has 236 valence electrons. The van der Waals surface area contributed by atoms with E-state index in [0.717, 1.165) is 5.56 Å². The maximum Gasteiger partial charge on any atom is 0.224 e. The Labute approximate surface area is 258 Å². The number of amides is 3. The molecule has 0 spiro atoms. The van der Waals surface area contributed by atoms with Crippen LogP contribution in [0.5, 0.6) is 5.75 Å². The van der Waals surface area contributed by atoms with Gasteiger partial charge in [-0.05, 0) is 57.3 Å². The fraction of sp³-hybridized carbons (Fsp3) is 0.500. The van der Waals surface area contributed by atoms with E-state index < -0.39 is 42.8 Å². The molecule has 1 aromatic carbocycles. The number of nitrogens with one attached hydrogen (secondary N) is 3. The molecule has 2 aliphatic heterocycles. The van der Waals surface area contributed by atoms with Crippen LogP contribution in [0, 0.1) is 11.8 Å².